The summed E-state index contributed by atoms with van der Waals surface area (Å²) in [4.78, 5) is 20.0. The zero-order chi connectivity index (χ0) is 22.8. The number of carbonyl (C=O) groups is 1. The topological polar surface area (TPSA) is 50.2 Å². The molecular formula is C26H24BrFN4O. The van der Waals surface area contributed by atoms with Crippen molar-refractivity contribution in [3.05, 3.63) is 88.9 Å². The van der Waals surface area contributed by atoms with Gasteiger partial charge in [-0.3, -0.25) is 14.3 Å². The molecule has 1 aliphatic heterocycles. The third-order valence-electron chi connectivity index (χ3n) is 6.07. The fraction of sp³-hybridized carbons (Fsp3) is 0.231. The normalized spacial score (nSPS) is 16.7. The number of piperidine rings is 1. The van der Waals surface area contributed by atoms with Gasteiger partial charge in [-0.15, -0.1) is 0 Å². The van der Waals surface area contributed by atoms with E-state index in [1.807, 2.05) is 30.3 Å². The molecule has 5 nitrogen and oxygen atoms in total. The number of imidazole rings is 1. The molecular weight excluding hydrogens is 483 g/mol. The Morgan fingerprint density at radius 3 is 2.76 bits per heavy atom. The molecule has 0 saturated carbocycles. The van der Waals surface area contributed by atoms with Gasteiger partial charge in [-0.05, 0) is 61.9 Å². The van der Waals surface area contributed by atoms with Crippen LogP contribution in [-0.4, -0.2) is 33.4 Å². The molecule has 0 bridgehead atoms. The second-order valence-corrected chi connectivity index (χ2v) is 9.29. The highest BCUT2D eigenvalue weighted by Gasteiger charge is 2.27. The number of carbonyl (C=O) groups excluding carboxylic acids is 1. The largest absolute Gasteiger partial charge is 0.323 e. The minimum Gasteiger partial charge on any atom is -0.323 e. The Bertz CT molecular complexity index is 1300. The lowest BCUT2D eigenvalue weighted by molar-refractivity contribution is -0.121. The maximum Gasteiger partial charge on any atom is 0.228 e. The standard InChI is InChI=1S/C26H24BrFN4O/c27-19-8-5-9-20(15-19)32-24-13-4-3-12-23(24)29-25(32)17-31-14-6-7-18(16-31)26(33)30-22-11-2-1-10-21(22)28/h1-5,8-13,15,18H,6-7,14,16-17H2,(H,30,33)/t18-/m1/s1. The minimum atomic E-state index is -0.416. The number of anilines is 1. The van der Waals surface area contributed by atoms with E-state index in [0.29, 0.717) is 13.1 Å². The average Bonchev–Trinajstić information content (AvgIpc) is 3.18. The van der Waals surface area contributed by atoms with E-state index < -0.39 is 5.82 Å². The van der Waals surface area contributed by atoms with Crippen LogP contribution >= 0.6 is 15.9 Å². The van der Waals surface area contributed by atoms with Gasteiger partial charge in [0.15, 0.2) is 0 Å². The van der Waals surface area contributed by atoms with Crippen molar-refractivity contribution in [3.8, 4) is 5.69 Å². The molecule has 1 aromatic heterocycles. The Balaban J connectivity index is 1.38. The van der Waals surface area contributed by atoms with Crippen LogP contribution in [0.15, 0.2) is 77.3 Å². The molecule has 33 heavy (non-hydrogen) atoms. The Kier molecular flexibility index (Phi) is 6.24. The molecule has 1 saturated heterocycles. The maximum atomic E-state index is 14.0. The molecule has 2 heterocycles. The molecule has 0 aliphatic carbocycles. The number of aromatic nitrogens is 2. The molecule has 0 radical (unpaired) electrons. The number of nitrogens with zero attached hydrogens (tertiary/aromatic N) is 3. The molecule has 1 atom stereocenters. The van der Waals surface area contributed by atoms with Crippen molar-refractivity contribution >= 4 is 38.6 Å². The van der Waals surface area contributed by atoms with E-state index in [2.05, 4.69) is 48.9 Å². The highest BCUT2D eigenvalue weighted by Crippen LogP contribution is 2.26. The lowest BCUT2D eigenvalue weighted by Gasteiger charge is -2.31. The van der Waals surface area contributed by atoms with Gasteiger partial charge in [-0.1, -0.05) is 46.3 Å². The van der Waals surface area contributed by atoms with Crippen molar-refractivity contribution < 1.29 is 9.18 Å². The van der Waals surface area contributed by atoms with Crippen molar-refractivity contribution in [3.63, 3.8) is 0 Å². The van der Waals surface area contributed by atoms with E-state index in [4.69, 9.17) is 4.98 Å². The van der Waals surface area contributed by atoms with E-state index >= 15 is 0 Å². The SMILES string of the molecule is O=C(Nc1ccccc1F)[C@@H]1CCCN(Cc2nc3ccccc3n2-c2cccc(Br)c2)C1. The monoisotopic (exact) mass is 506 g/mol. The third kappa shape index (κ3) is 4.70. The molecule has 1 aliphatic rings. The first kappa shape index (κ1) is 21.8. The molecule has 4 aromatic rings. The fourth-order valence-corrected chi connectivity index (χ4v) is 4.88. The summed E-state index contributed by atoms with van der Waals surface area (Å²) in [7, 11) is 0. The molecule has 3 aromatic carbocycles. The third-order valence-corrected chi connectivity index (χ3v) is 6.56. The summed E-state index contributed by atoms with van der Waals surface area (Å²) in [6.07, 6.45) is 1.70. The summed E-state index contributed by atoms with van der Waals surface area (Å²) < 4.78 is 17.2. The van der Waals surface area contributed by atoms with Crippen LogP contribution in [-0.2, 0) is 11.3 Å². The van der Waals surface area contributed by atoms with Crippen LogP contribution in [0.2, 0.25) is 0 Å². The number of likely N-dealkylation sites (tertiary alicyclic amines) is 1. The number of hydrogen-bond acceptors (Lipinski definition) is 3. The number of rotatable bonds is 5. The lowest BCUT2D eigenvalue weighted by Crippen LogP contribution is -2.40. The van der Waals surface area contributed by atoms with Crippen LogP contribution in [0.4, 0.5) is 10.1 Å². The Morgan fingerprint density at radius 1 is 1.09 bits per heavy atom. The van der Waals surface area contributed by atoms with Crippen molar-refractivity contribution in [1.29, 1.82) is 0 Å². The zero-order valence-electron chi connectivity index (χ0n) is 18.0. The van der Waals surface area contributed by atoms with Crippen LogP contribution in [0.1, 0.15) is 18.7 Å². The van der Waals surface area contributed by atoms with Crippen LogP contribution < -0.4 is 5.32 Å². The first-order valence-electron chi connectivity index (χ1n) is 11.1. The highest BCUT2D eigenvalue weighted by atomic mass is 79.9. The van der Waals surface area contributed by atoms with Crippen LogP contribution in [0, 0.1) is 11.7 Å². The molecule has 7 heteroatoms. The summed E-state index contributed by atoms with van der Waals surface area (Å²) in [5.41, 5.74) is 3.27. The van der Waals surface area contributed by atoms with E-state index in [1.165, 1.54) is 6.07 Å². The Labute approximate surface area is 200 Å². The summed E-state index contributed by atoms with van der Waals surface area (Å²) in [5.74, 6) is 0.193. The smallest absolute Gasteiger partial charge is 0.228 e. The number of halogens is 2. The van der Waals surface area contributed by atoms with Gasteiger partial charge in [0.2, 0.25) is 5.91 Å². The highest BCUT2D eigenvalue weighted by molar-refractivity contribution is 9.10. The summed E-state index contributed by atoms with van der Waals surface area (Å²) in [5, 5.41) is 2.76. The van der Waals surface area contributed by atoms with E-state index in [0.717, 1.165) is 46.4 Å². The van der Waals surface area contributed by atoms with Crippen molar-refractivity contribution in [1.82, 2.24) is 14.5 Å². The predicted molar refractivity (Wildman–Crippen MR) is 132 cm³/mol. The summed E-state index contributed by atoms with van der Waals surface area (Å²) in [6.45, 7) is 2.14. The quantitative estimate of drug-likeness (QED) is 0.373. The fourth-order valence-electron chi connectivity index (χ4n) is 4.50. The predicted octanol–water partition coefficient (Wildman–Crippen LogP) is 5.78. The van der Waals surface area contributed by atoms with Crippen molar-refractivity contribution in [2.24, 2.45) is 5.92 Å². The zero-order valence-corrected chi connectivity index (χ0v) is 19.6. The molecule has 1 fully saturated rings. The average molecular weight is 507 g/mol. The van der Waals surface area contributed by atoms with Crippen LogP contribution in [0.3, 0.4) is 0 Å². The number of fused-ring (bicyclic) bond motifs is 1. The maximum absolute atomic E-state index is 14.0. The van der Waals surface area contributed by atoms with Gasteiger partial charge in [-0.25, -0.2) is 9.37 Å². The summed E-state index contributed by atoms with van der Waals surface area (Å²) in [6, 6.07) is 22.6. The molecule has 5 rings (SSSR count). The van der Waals surface area contributed by atoms with Gasteiger partial charge in [0.25, 0.3) is 0 Å². The number of nitrogens with one attached hydrogen (secondary N) is 1. The van der Waals surface area contributed by atoms with Crippen molar-refractivity contribution in [2.45, 2.75) is 19.4 Å². The Morgan fingerprint density at radius 2 is 1.91 bits per heavy atom. The Hall–Kier alpha value is -3.03. The van der Waals surface area contributed by atoms with Gasteiger partial charge in [-0.2, -0.15) is 0 Å². The second-order valence-electron chi connectivity index (χ2n) is 8.38. The van der Waals surface area contributed by atoms with E-state index in [1.54, 1.807) is 18.2 Å². The molecule has 1 N–H and O–H groups in total. The first-order chi connectivity index (χ1) is 16.1. The number of benzene rings is 3. The van der Waals surface area contributed by atoms with Crippen LogP contribution in [0.5, 0.6) is 0 Å². The van der Waals surface area contributed by atoms with E-state index in [9.17, 15) is 9.18 Å². The van der Waals surface area contributed by atoms with Gasteiger partial charge in [0.05, 0.1) is 29.2 Å². The van der Waals surface area contributed by atoms with Crippen molar-refractivity contribution in [2.75, 3.05) is 18.4 Å². The van der Waals surface area contributed by atoms with Gasteiger partial charge < -0.3 is 5.32 Å². The molecule has 168 valence electrons. The molecule has 0 spiro atoms. The number of para-hydroxylation sites is 3. The first-order valence-corrected chi connectivity index (χ1v) is 11.9. The number of amides is 1. The van der Waals surface area contributed by atoms with Gasteiger partial charge >= 0.3 is 0 Å². The van der Waals surface area contributed by atoms with Gasteiger partial charge in [0.1, 0.15) is 11.6 Å². The number of hydrogen-bond donors (Lipinski definition) is 1. The van der Waals surface area contributed by atoms with Gasteiger partial charge in [0, 0.05) is 16.7 Å². The lowest BCUT2D eigenvalue weighted by atomic mass is 9.97. The molecule has 1 amide bonds. The second kappa shape index (κ2) is 9.45. The molecule has 0 unspecified atom stereocenters. The van der Waals surface area contributed by atoms with E-state index in [-0.39, 0.29) is 17.5 Å². The van der Waals surface area contributed by atoms with Crippen LogP contribution in [0.25, 0.3) is 16.7 Å². The minimum absolute atomic E-state index is 0.134. The summed E-state index contributed by atoms with van der Waals surface area (Å²) >= 11 is 3.58.